The second-order valence-corrected chi connectivity index (χ2v) is 8.04. The van der Waals surface area contributed by atoms with E-state index in [0.29, 0.717) is 17.3 Å². The number of amides is 1. The van der Waals surface area contributed by atoms with Crippen LogP contribution < -0.4 is 5.32 Å². The molecule has 1 saturated heterocycles. The first-order valence-corrected chi connectivity index (χ1v) is 10.6. The Balaban J connectivity index is 1.45. The molecule has 0 spiro atoms. The molecule has 0 radical (unpaired) electrons. The standard InChI is InChI=1S/C22H30FN5O/c1-3-27-10-12-28(13-11-27)17-8-9-20-18(14-17)21(25-26(20)2)22(29)24-15-16-6-4-5-7-19(16)23/h4-7,17H,3,8-15H2,1-2H3,(H,24,29). The summed E-state index contributed by atoms with van der Waals surface area (Å²) in [7, 11) is 1.91. The van der Waals surface area contributed by atoms with Gasteiger partial charge in [-0.05, 0) is 31.9 Å². The average Bonchev–Trinajstić information content (AvgIpc) is 3.09. The summed E-state index contributed by atoms with van der Waals surface area (Å²) in [5.41, 5.74) is 3.20. The highest BCUT2D eigenvalue weighted by Gasteiger charge is 2.32. The molecule has 1 N–H and O–H groups in total. The smallest absolute Gasteiger partial charge is 0.272 e. The first-order valence-electron chi connectivity index (χ1n) is 10.6. The summed E-state index contributed by atoms with van der Waals surface area (Å²) in [6.45, 7) is 7.89. The molecule has 0 saturated carbocycles. The molecule has 6 nitrogen and oxygen atoms in total. The van der Waals surface area contributed by atoms with Gasteiger partial charge in [0, 0.05) is 62.6 Å². The summed E-state index contributed by atoms with van der Waals surface area (Å²) >= 11 is 0. The normalized spacial score (nSPS) is 20.4. The summed E-state index contributed by atoms with van der Waals surface area (Å²) in [6.07, 6.45) is 2.91. The lowest BCUT2D eigenvalue weighted by Gasteiger charge is -2.40. The van der Waals surface area contributed by atoms with Gasteiger partial charge < -0.3 is 10.2 Å². The van der Waals surface area contributed by atoms with E-state index in [2.05, 4.69) is 27.1 Å². The van der Waals surface area contributed by atoms with Gasteiger partial charge in [0.2, 0.25) is 0 Å². The molecule has 1 aromatic carbocycles. The number of carbonyl (C=O) groups is 1. The highest BCUT2D eigenvalue weighted by atomic mass is 19.1. The SMILES string of the molecule is CCN1CCN(C2CCc3c(c(C(=O)NCc4ccccc4F)nn3C)C2)CC1. The number of hydrogen-bond donors (Lipinski definition) is 1. The molecule has 156 valence electrons. The minimum Gasteiger partial charge on any atom is -0.346 e. The fourth-order valence-electron chi connectivity index (χ4n) is 4.61. The van der Waals surface area contributed by atoms with Crippen LogP contribution in [0.4, 0.5) is 4.39 Å². The van der Waals surface area contributed by atoms with E-state index in [1.165, 1.54) is 6.07 Å². The molecule has 1 amide bonds. The van der Waals surface area contributed by atoms with Crippen LogP contribution in [0.1, 0.15) is 40.7 Å². The third-order valence-corrected chi connectivity index (χ3v) is 6.41. The van der Waals surface area contributed by atoms with Crippen LogP contribution in [-0.4, -0.2) is 64.3 Å². The molecule has 0 bridgehead atoms. The minimum atomic E-state index is -0.304. The number of rotatable bonds is 5. The number of aromatic nitrogens is 2. The fourth-order valence-corrected chi connectivity index (χ4v) is 4.61. The zero-order valence-electron chi connectivity index (χ0n) is 17.3. The van der Waals surface area contributed by atoms with Crippen molar-refractivity contribution in [1.29, 1.82) is 0 Å². The highest BCUT2D eigenvalue weighted by Crippen LogP contribution is 2.28. The van der Waals surface area contributed by atoms with E-state index >= 15 is 0 Å². The molecular formula is C22H30FN5O. The van der Waals surface area contributed by atoms with Gasteiger partial charge in [-0.15, -0.1) is 0 Å². The monoisotopic (exact) mass is 399 g/mol. The van der Waals surface area contributed by atoms with Crippen molar-refractivity contribution in [3.05, 3.63) is 52.6 Å². The van der Waals surface area contributed by atoms with Crippen molar-refractivity contribution in [3.8, 4) is 0 Å². The number of nitrogens with one attached hydrogen (secondary N) is 1. The van der Waals surface area contributed by atoms with Crippen molar-refractivity contribution in [2.24, 2.45) is 7.05 Å². The Morgan fingerprint density at radius 2 is 2.00 bits per heavy atom. The number of hydrogen-bond acceptors (Lipinski definition) is 4. The molecule has 1 aliphatic carbocycles. The Hall–Kier alpha value is -2.25. The van der Waals surface area contributed by atoms with E-state index < -0.39 is 0 Å². The Morgan fingerprint density at radius 1 is 1.24 bits per heavy atom. The van der Waals surface area contributed by atoms with Crippen molar-refractivity contribution in [2.75, 3.05) is 32.7 Å². The molecular weight excluding hydrogens is 369 g/mol. The third kappa shape index (κ3) is 4.21. The number of aryl methyl sites for hydroxylation is 1. The van der Waals surface area contributed by atoms with Gasteiger partial charge in [-0.25, -0.2) is 4.39 Å². The van der Waals surface area contributed by atoms with E-state index in [9.17, 15) is 9.18 Å². The van der Waals surface area contributed by atoms with Gasteiger partial charge in [0.1, 0.15) is 5.82 Å². The Kier molecular flexibility index (Phi) is 5.96. The molecule has 2 aliphatic rings. The molecule has 4 rings (SSSR count). The van der Waals surface area contributed by atoms with Crippen LogP contribution in [0.2, 0.25) is 0 Å². The van der Waals surface area contributed by atoms with Crippen LogP contribution in [0.3, 0.4) is 0 Å². The molecule has 1 unspecified atom stereocenters. The quantitative estimate of drug-likeness (QED) is 0.836. The Morgan fingerprint density at radius 3 is 2.72 bits per heavy atom. The summed E-state index contributed by atoms with van der Waals surface area (Å²) in [5.74, 6) is -0.524. The highest BCUT2D eigenvalue weighted by molar-refractivity contribution is 5.94. The molecule has 1 fully saturated rings. The van der Waals surface area contributed by atoms with Gasteiger partial charge in [-0.2, -0.15) is 5.10 Å². The van der Waals surface area contributed by atoms with E-state index in [4.69, 9.17) is 0 Å². The number of halogens is 1. The largest absolute Gasteiger partial charge is 0.346 e. The first-order chi connectivity index (χ1) is 14.1. The maximum absolute atomic E-state index is 13.9. The Bertz CT molecular complexity index is 872. The molecule has 1 aliphatic heterocycles. The summed E-state index contributed by atoms with van der Waals surface area (Å²) in [6, 6.07) is 6.98. The predicted octanol–water partition coefficient (Wildman–Crippen LogP) is 1.98. The number of likely N-dealkylation sites (N-methyl/N-ethyl adjacent to an activating group) is 1. The van der Waals surface area contributed by atoms with Crippen LogP contribution in [0, 0.1) is 5.82 Å². The van der Waals surface area contributed by atoms with Crippen LogP contribution in [-0.2, 0) is 26.4 Å². The van der Waals surface area contributed by atoms with Crippen molar-refractivity contribution >= 4 is 5.91 Å². The second-order valence-electron chi connectivity index (χ2n) is 8.04. The van der Waals surface area contributed by atoms with Gasteiger partial charge in [-0.1, -0.05) is 25.1 Å². The summed E-state index contributed by atoms with van der Waals surface area (Å²) in [5, 5.41) is 7.37. The molecule has 2 heterocycles. The zero-order valence-corrected chi connectivity index (χ0v) is 17.3. The van der Waals surface area contributed by atoms with Gasteiger partial charge in [-0.3, -0.25) is 14.4 Å². The predicted molar refractivity (Wildman–Crippen MR) is 110 cm³/mol. The van der Waals surface area contributed by atoms with Gasteiger partial charge in [0.25, 0.3) is 5.91 Å². The van der Waals surface area contributed by atoms with Crippen molar-refractivity contribution < 1.29 is 9.18 Å². The van der Waals surface area contributed by atoms with E-state index in [1.54, 1.807) is 18.2 Å². The van der Waals surface area contributed by atoms with E-state index in [-0.39, 0.29) is 18.3 Å². The van der Waals surface area contributed by atoms with Crippen LogP contribution >= 0.6 is 0 Å². The summed E-state index contributed by atoms with van der Waals surface area (Å²) < 4.78 is 15.7. The summed E-state index contributed by atoms with van der Waals surface area (Å²) in [4.78, 5) is 17.9. The van der Waals surface area contributed by atoms with E-state index in [0.717, 1.165) is 63.2 Å². The van der Waals surface area contributed by atoms with Crippen molar-refractivity contribution in [1.82, 2.24) is 24.9 Å². The van der Waals surface area contributed by atoms with E-state index in [1.807, 2.05) is 11.7 Å². The first kappa shape index (κ1) is 20.0. The third-order valence-electron chi connectivity index (χ3n) is 6.41. The topological polar surface area (TPSA) is 53.4 Å². The molecule has 1 aromatic heterocycles. The van der Waals surface area contributed by atoms with Crippen LogP contribution in [0.5, 0.6) is 0 Å². The lowest BCUT2D eigenvalue weighted by molar-refractivity contribution is 0.0908. The molecule has 1 atom stereocenters. The van der Waals surface area contributed by atoms with Gasteiger partial charge in [0.05, 0.1) is 0 Å². The lowest BCUT2D eigenvalue weighted by Crippen LogP contribution is -2.51. The van der Waals surface area contributed by atoms with Crippen molar-refractivity contribution in [2.45, 2.75) is 38.8 Å². The van der Waals surface area contributed by atoms with Gasteiger partial charge in [0.15, 0.2) is 5.69 Å². The number of benzene rings is 1. The van der Waals surface area contributed by atoms with Crippen LogP contribution in [0.15, 0.2) is 24.3 Å². The van der Waals surface area contributed by atoms with Crippen molar-refractivity contribution in [3.63, 3.8) is 0 Å². The average molecular weight is 400 g/mol. The number of carbonyl (C=O) groups excluding carboxylic acids is 1. The minimum absolute atomic E-state index is 0.166. The second kappa shape index (κ2) is 8.63. The fraction of sp³-hybridized carbons (Fsp3) is 0.545. The maximum Gasteiger partial charge on any atom is 0.272 e. The lowest BCUT2D eigenvalue weighted by atomic mass is 9.89. The number of fused-ring (bicyclic) bond motifs is 1. The molecule has 2 aromatic rings. The molecule has 7 heteroatoms. The molecule has 29 heavy (non-hydrogen) atoms. The number of nitrogens with zero attached hydrogens (tertiary/aromatic N) is 4. The van der Waals surface area contributed by atoms with Crippen LogP contribution in [0.25, 0.3) is 0 Å². The number of piperazine rings is 1. The van der Waals surface area contributed by atoms with Gasteiger partial charge >= 0.3 is 0 Å². The zero-order chi connectivity index (χ0) is 20.4. The Labute approximate surface area is 171 Å². The maximum atomic E-state index is 13.9.